The molecule has 1 aliphatic carbocycles. The van der Waals surface area contributed by atoms with Crippen LogP contribution in [0.15, 0.2) is 35.0 Å². The van der Waals surface area contributed by atoms with Gasteiger partial charge < -0.3 is 19.3 Å². The Kier molecular flexibility index (Phi) is 6.49. The highest BCUT2D eigenvalue weighted by Crippen LogP contribution is 2.54. The highest BCUT2D eigenvalue weighted by Gasteiger charge is 2.44. The Labute approximate surface area is 224 Å². The van der Waals surface area contributed by atoms with Crippen LogP contribution in [0.25, 0.3) is 17.1 Å². The van der Waals surface area contributed by atoms with E-state index in [0.29, 0.717) is 22.6 Å². The van der Waals surface area contributed by atoms with Crippen molar-refractivity contribution in [3.63, 3.8) is 0 Å². The summed E-state index contributed by atoms with van der Waals surface area (Å²) in [6.45, 7) is 1.55. The van der Waals surface area contributed by atoms with Crippen LogP contribution >= 0.6 is 0 Å². The van der Waals surface area contributed by atoms with E-state index in [2.05, 4.69) is 24.9 Å². The van der Waals surface area contributed by atoms with Gasteiger partial charge in [-0.3, -0.25) is 4.72 Å². The Hall–Kier alpha value is -3.26. The van der Waals surface area contributed by atoms with Gasteiger partial charge in [0, 0.05) is 39.0 Å². The minimum Gasteiger partial charge on any atom is -0.422 e. The molecule has 0 atom stereocenters. The second-order valence-corrected chi connectivity index (χ2v) is 12.6. The molecule has 4 heterocycles. The average molecular weight is 564 g/mol. The van der Waals surface area contributed by atoms with Gasteiger partial charge in [-0.15, -0.1) is 5.10 Å². The van der Waals surface area contributed by atoms with Gasteiger partial charge in [0.25, 0.3) is 11.9 Å². The normalized spacial score (nSPS) is 20.4. The molecule has 210 valence electrons. The third-order valence-corrected chi connectivity index (χ3v) is 9.25. The van der Waals surface area contributed by atoms with Gasteiger partial charge >= 0.3 is 0 Å². The number of sulfonamides is 1. The van der Waals surface area contributed by atoms with E-state index in [-0.39, 0.29) is 37.7 Å². The van der Waals surface area contributed by atoms with Crippen LogP contribution in [0.5, 0.6) is 0 Å². The maximum Gasteiger partial charge on any atom is 0.297 e. The van der Waals surface area contributed by atoms with Crippen molar-refractivity contribution in [2.45, 2.75) is 44.4 Å². The minimum absolute atomic E-state index is 0.161. The number of aliphatic hydroxyl groups is 1. The maximum absolute atomic E-state index is 13.5. The standard InChI is InChI=1S/C25H31F2N7O4S/c26-25(27)7-11-33(12-8-25)23-28-16-22(38-23)19-17-34(31-29-19)20-2-1-18(30-39(36,37)14-13-35)15-21(20)32-9-5-24(3-4-24)6-10-32/h1-2,15-17,30,35H,3-14H2. The second kappa shape index (κ2) is 9.73. The van der Waals surface area contributed by atoms with Gasteiger partial charge in [0.05, 0.1) is 41.8 Å². The van der Waals surface area contributed by atoms with Crippen LogP contribution in [0.2, 0.25) is 0 Å². The number of piperidine rings is 2. The number of hydrogen-bond acceptors (Lipinski definition) is 9. The molecule has 1 spiro atoms. The van der Waals surface area contributed by atoms with Crippen molar-refractivity contribution < 1.29 is 26.7 Å². The molecule has 2 saturated heterocycles. The van der Waals surface area contributed by atoms with E-state index < -0.39 is 22.6 Å². The Morgan fingerprint density at radius 3 is 2.41 bits per heavy atom. The fourth-order valence-corrected chi connectivity index (χ4v) is 6.16. The van der Waals surface area contributed by atoms with Gasteiger partial charge in [0.2, 0.25) is 10.0 Å². The van der Waals surface area contributed by atoms with Crippen LogP contribution in [-0.4, -0.2) is 78.0 Å². The topological polar surface area (TPSA) is 130 Å². The SMILES string of the molecule is O=S(=O)(CCO)Nc1ccc(-n2cc(-c3cnc(N4CCC(F)(F)CC4)o3)nn2)c(N2CCC3(CC2)CC3)c1. The number of benzene rings is 1. The van der Waals surface area contributed by atoms with Gasteiger partial charge in [0.1, 0.15) is 0 Å². The smallest absolute Gasteiger partial charge is 0.297 e. The molecule has 0 amide bonds. The van der Waals surface area contributed by atoms with Gasteiger partial charge in [0.15, 0.2) is 11.5 Å². The van der Waals surface area contributed by atoms with Crippen molar-refractivity contribution in [1.29, 1.82) is 0 Å². The van der Waals surface area contributed by atoms with Crippen molar-refractivity contribution in [1.82, 2.24) is 20.0 Å². The maximum atomic E-state index is 13.5. The van der Waals surface area contributed by atoms with E-state index in [1.807, 2.05) is 0 Å². The summed E-state index contributed by atoms with van der Waals surface area (Å²) in [7, 11) is -3.68. The molecule has 6 rings (SSSR count). The molecule has 14 heteroatoms. The molecule has 1 saturated carbocycles. The van der Waals surface area contributed by atoms with E-state index in [9.17, 15) is 17.2 Å². The zero-order valence-electron chi connectivity index (χ0n) is 21.4. The summed E-state index contributed by atoms with van der Waals surface area (Å²) >= 11 is 0. The lowest BCUT2D eigenvalue weighted by atomic mass is 9.93. The van der Waals surface area contributed by atoms with Gasteiger partial charge in [-0.1, -0.05) is 5.21 Å². The summed E-state index contributed by atoms with van der Waals surface area (Å²) in [5, 5.41) is 17.6. The molecule has 0 unspecified atom stereocenters. The number of alkyl halides is 2. The number of hydrogen-bond donors (Lipinski definition) is 2. The number of aliphatic hydroxyl groups excluding tert-OH is 1. The number of nitrogens with zero attached hydrogens (tertiary/aromatic N) is 6. The van der Waals surface area contributed by atoms with Gasteiger partial charge in [-0.2, -0.15) is 0 Å². The van der Waals surface area contributed by atoms with E-state index in [1.165, 1.54) is 19.0 Å². The van der Waals surface area contributed by atoms with Crippen molar-refractivity contribution in [3.05, 3.63) is 30.6 Å². The lowest BCUT2D eigenvalue weighted by Gasteiger charge is -2.35. The number of nitrogens with one attached hydrogen (secondary N) is 1. The quantitative estimate of drug-likeness (QED) is 0.424. The minimum atomic E-state index is -3.68. The van der Waals surface area contributed by atoms with Crippen molar-refractivity contribution in [3.8, 4) is 17.1 Å². The average Bonchev–Trinajstić information content (AvgIpc) is 3.28. The fourth-order valence-electron chi connectivity index (χ4n) is 5.33. The molecule has 3 aromatic rings. The first-order valence-electron chi connectivity index (χ1n) is 13.2. The van der Waals surface area contributed by atoms with Crippen LogP contribution in [0.4, 0.5) is 26.2 Å². The molecule has 2 aliphatic heterocycles. The molecule has 3 fully saturated rings. The van der Waals surface area contributed by atoms with E-state index in [0.717, 1.165) is 37.3 Å². The highest BCUT2D eigenvalue weighted by atomic mass is 32.2. The summed E-state index contributed by atoms with van der Waals surface area (Å²) in [5.41, 5.74) is 2.85. The van der Waals surface area contributed by atoms with E-state index in [4.69, 9.17) is 9.52 Å². The number of anilines is 3. The largest absolute Gasteiger partial charge is 0.422 e. The van der Waals surface area contributed by atoms with Gasteiger partial charge in [-0.25, -0.2) is 26.9 Å². The Morgan fingerprint density at radius 1 is 1.00 bits per heavy atom. The summed E-state index contributed by atoms with van der Waals surface area (Å²) in [6.07, 6.45) is 7.42. The number of halogens is 2. The van der Waals surface area contributed by atoms with Gasteiger partial charge in [-0.05, 0) is 49.3 Å². The summed E-state index contributed by atoms with van der Waals surface area (Å²) in [4.78, 5) is 8.20. The first-order valence-corrected chi connectivity index (χ1v) is 14.8. The van der Waals surface area contributed by atoms with Crippen LogP contribution < -0.4 is 14.5 Å². The second-order valence-electron chi connectivity index (χ2n) is 10.7. The lowest BCUT2D eigenvalue weighted by molar-refractivity contribution is -0.0226. The van der Waals surface area contributed by atoms with Crippen LogP contribution in [0.3, 0.4) is 0 Å². The molecule has 11 nitrogen and oxygen atoms in total. The summed E-state index contributed by atoms with van der Waals surface area (Å²) in [5.74, 6) is -2.67. The molecule has 0 radical (unpaired) electrons. The summed E-state index contributed by atoms with van der Waals surface area (Å²) < 4.78 is 61.6. The van der Waals surface area contributed by atoms with Crippen LogP contribution in [-0.2, 0) is 10.0 Å². The molecular weight excluding hydrogens is 532 g/mol. The lowest BCUT2D eigenvalue weighted by Crippen LogP contribution is -2.39. The van der Waals surface area contributed by atoms with Crippen LogP contribution in [0.1, 0.15) is 38.5 Å². The molecule has 2 N–H and O–H groups in total. The molecule has 3 aliphatic rings. The number of oxazole rings is 1. The molecule has 0 bridgehead atoms. The fraction of sp³-hybridized carbons (Fsp3) is 0.560. The Bertz CT molecular complexity index is 1430. The first kappa shape index (κ1) is 26.0. The van der Waals surface area contributed by atoms with Crippen molar-refractivity contribution in [2.24, 2.45) is 5.41 Å². The summed E-state index contributed by atoms with van der Waals surface area (Å²) in [6, 6.07) is 5.50. The zero-order chi connectivity index (χ0) is 27.3. The van der Waals surface area contributed by atoms with Crippen molar-refractivity contribution in [2.75, 3.05) is 53.1 Å². The van der Waals surface area contributed by atoms with Crippen molar-refractivity contribution >= 4 is 27.4 Å². The number of rotatable bonds is 8. The third-order valence-electron chi connectivity index (χ3n) is 7.98. The van der Waals surface area contributed by atoms with Crippen LogP contribution in [0, 0.1) is 5.41 Å². The first-order chi connectivity index (χ1) is 18.6. The third kappa shape index (κ3) is 5.57. The van der Waals surface area contributed by atoms with E-state index in [1.54, 1.807) is 34.0 Å². The molecular formula is C25H31F2N7O4S. The monoisotopic (exact) mass is 563 g/mol. The predicted octanol–water partition coefficient (Wildman–Crippen LogP) is 3.27. The highest BCUT2D eigenvalue weighted by molar-refractivity contribution is 7.92. The molecule has 2 aromatic heterocycles. The Balaban J connectivity index is 1.26. The van der Waals surface area contributed by atoms with E-state index >= 15 is 0 Å². The molecule has 39 heavy (non-hydrogen) atoms. The zero-order valence-corrected chi connectivity index (χ0v) is 22.2. The number of aromatic nitrogens is 4. The molecule has 1 aromatic carbocycles. The predicted molar refractivity (Wildman–Crippen MR) is 141 cm³/mol. The Morgan fingerprint density at radius 2 is 1.72 bits per heavy atom.